The summed E-state index contributed by atoms with van der Waals surface area (Å²) in [5, 5.41) is 32.0. The Labute approximate surface area is 313 Å². The number of pyridine rings is 1. The normalized spacial score (nSPS) is 12.5. The molecule has 4 aromatic carbocycles. The Hall–Kier alpha value is -6.04. The Morgan fingerprint density at radius 2 is 1.00 bits per heavy atom. The van der Waals surface area contributed by atoms with E-state index in [0.717, 1.165) is 36.4 Å². The summed E-state index contributed by atoms with van der Waals surface area (Å²) in [7, 11) is -18.6. The molecule has 0 spiro atoms. The summed E-state index contributed by atoms with van der Waals surface area (Å²) in [6.07, 6.45) is 0. The average molecular weight is 829 g/mol. The van der Waals surface area contributed by atoms with Gasteiger partial charge in [0.2, 0.25) is 0 Å². The van der Waals surface area contributed by atoms with Crippen molar-refractivity contribution in [3.05, 3.63) is 102 Å². The second kappa shape index (κ2) is 15.4. The van der Waals surface area contributed by atoms with Crippen molar-refractivity contribution in [2.45, 2.75) is 26.5 Å². The molecule has 1 heterocycles. The van der Waals surface area contributed by atoms with Gasteiger partial charge in [0, 0.05) is 16.9 Å². The second-order valence-corrected chi connectivity index (χ2v) is 16.7. The number of rotatable bonds is 12. The molecule has 0 fully saturated rings. The quantitative estimate of drug-likeness (QED) is 0.0572. The lowest BCUT2D eigenvalue weighted by atomic mass is 10.1. The largest absolute Gasteiger partial charge is 0.339 e. The highest BCUT2D eigenvalue weighted by atomic mass is 32.2. The van der Waals surface area contributed by atoms with E-state index in [-0.39, 0.29) is 61.0 Å². The van der Waals surface area contributed by atoms with E-state index in [1.807, 2.05) is 6.07 Å². The minimum atomic E-state index is -4.86. The molecule has 0 bridgehead atoms. The molecule has 0 aliphatic heterocycles. The van der Waals surface area contributed by atoms with E-state index in [2.05, 4.69) is 36.1 Å². The first-order chi connectivity index (χ1) is 25.6. The van der Waals surface area contributed by atoms with Crippen LogP contribution in [0.25, 0.3) is 0 Å². The number of nitrogens with one attached hydrogen (secondary N) is 2. The predicted octanol–water partition coefficient (Wildman–Crippen LogP) is 6.57. The van der Waals surface area contributed by atoms with E-state index in [1.165, 1.54) is 55.5 Å². The smallest absolute Gasteiger partial charge is 0.296 e. The van der Waals surface area contributed by atoms with Crippen LogP contribution in [0.15, 0.2) is 131 Å². The van der Waals surface area contributed by atoms with E-state index in [4.69, 9.17) is 0 Å². The van der Waals surface area contributed by atoms with E-state index >= 15 is 0 Å². The average Bonchev–Trinajstić information content (AvgIpc) is 3.10. The number of azo groups is 2. The number of aromatic nitrogens is 1. The number of benzene rings is 4. The molecule has 0 radical (unpaired) electrons. The van der Waals surface area contributed by atoms with Gasteiger partial charge in [-0.1, -0.05) is 0 Å². The number of hydrogen-bond donors (Lipinski definition) is 6. The lowest BCUT2D eigenvalue weighted by Gasteiger charge is -2.16. The topological polar surface area (TPSA) is 328 Å². The third-order valence-corrected chi connectivity index (χ3v) is 10.7. The molecule has 0 amide bonds. The molecule has 5 rings (SSSR count). The SMILES string of the molecule is Cc1c(C#N)c(Nc2ccc(S(=O)(=O)O)cc2)nc(Nc2ccc(S(=O)(=O)O)cc2)c1/N=N/c1ccc(/N=N/c2cc(S(=O)(=O)O)ccc2S(=O)(=O)O)cc1. The Kier molecular flexibility index (Phi) is 11.2. The van der Waals surface area contributed by atoms with Gasteiger partial charge < -0.3 is 10.6 Å². The second-order valence-electron chi connectivity index (χ2n) is 11.0. The zero-order valence-electron chi connectivity index (χ0n) is 27.5. The Morgan fingerprint density at radius 3 is 1.44 bits per heavy atom. The number of nitrogens with zero attached hydrogens (tertiary/aromatic N) is 6. The van der Waals surface area contributed by atoms with Gasteiger partial charge in [-0.05, 0) is 97.9 Å². The number of nitriles is 1. The van der Waals surface area contributed by atoms with Crippen LogP contribution in [0.2, 0.25) is 0 Å². The summed E-state index contributed by atoms with van der Waals surface area (Å²) < 4.78 is 130. The van der Waals surface area contributed by atoms with Crippen molar-refractivity contribution in [1.29, 1.82) is 5.26 Å². The summed E-state index contributed by atoms with van der Waals surface area (Å²) in [5.74, 6) is -0.00583. The first-order valence-corrected chi connectivity index (χ1v) is 20.6. The highest BCUT2D eigenvalue weighted by Crippen LogP contribution is 2.38. The van der Waals surface area contributed by atoms with Crippen LogP contribution in [0.1, 0.15) is 11.1 Å². The minimum Gasteiger partial charge on any atom is -0.339 e. The zero-order valence-corrected chi connectivity index (χ0v) is 30.8. The zero-order chi connectivity index (χ0) is 40.3. The molecular formula is C31H24N8O12S4. The summed E-state index contributed by atoms with van der Waals surface area (Å²) in [6.45, 7) is 1.54. The summed E-state index contributed by atoms with van der Waals surface area (Å²) in [6, 6.07) is 19.6. The molecule has 20 nitrogen and oxygen atoms in total. The minimum absolute atomic E-state index is 0.00170. The van der Waals surface area contributed by atoms with E-state index in [1.54, 1.807) is 0 Å². The van der Waals surface area contributed by atoms with Crippen molar-refractivity contribution in [2.24, 2.45) is 20.5 Å². The standard InChI is InChI=1S/C31H24N8O12S4/c1-18-26(17-32)30(33-19-6-10-23(11-7-19)52(40,41)42)35-31(34-20-8-12-24(13-9-20)53(43,44)45)29(18)39-37-22-4-2-21(3-5-22)36-38-27-16-25(54(46,47)48)14-15-28(27)55(49,50)51/h2-16H,1H3,(H2,33,34,35)(H,40,41,42)(H,43,44,45)(H,46,47,48)(H,49,50,51)/b38-36+,39-37+. The maximum Gasteiger partial charge on any atom is 0.296 e. The molecule has 24 heteroatoms. The third-order valence-electron chi connectivity index (χ3n) is 7.25. The molecule has 1 aromatic heterocycles. The van der Waals surface area contributed by atoms with Crippen LogP contribution in [0.5, 0.6) is 0 Å². The van der Waals surface area contributed by atoms with Crippen molar-refractivity contribution in [1.82, 2.24) is 4.98 Å². The van der Waals surface area contributed by atoms with Gasteiger partial charge in [0.25, 0.3) is 40.5 Å². The maximum atomic E-state index is 11.8. The van der Waals surface area contributed by atoms with Crippen LogP contribution >= 0.6 is 0 Å². The van der Waals surface area contributed by atoms with Crippen molar-refractivity contribution in [2.75, 3.05) is 10.6 Å². The summed E-state index contributed by atoms with van der Waals surface area (Å²) in [5.41, 5.74) is 0.595. The van der Waals surface area contributed by atoms with Gasteiger partial charge in [-0.3, -0.25) is 18.2 Å². The van der Waals surface area contributed by atoms with Crippen molar-refractivity contribution >= 4 is 86.2 Å². The molecule has 0 aliphatic carbocycles. The Bertz CT molecular complexity index is 2860. The Balaban J connectivity index is 1.50. The highest BCUT2D eigenvalue weighted by Gasteiger charge is 2.21. The fourth-order valence-corrected chi connectivity index (χ4v) is 6.65. The van der Waals surface area contributed by atoms with Crippen molar-refractivity contribution in [3.63, 3.8) is 0 Å². The van der Waals surface area contributed by atoms with Crippen molar-refractivity contribution < 1.29 is 51.9 Å². The molecular weight excluding hydrogens is 805 g/mol. The van der Waals surface area contributed by atoms with Crippen LogP contribution in [-0.4, -0.2) is 56.9 Å². The third kappa shape index (κ3) is 9.94. The first kappa shape index (κ1) is 40.2. The van der Waals surface area contributed by atoms with Gasteiger partial charge in [-0.2, -0.15) is 49.2 Å². The lowest BCUT2D eigenvalue weighted by Crippen LogP contribution is -2.05. The van der Waals surface area contributed by atoms with Crippen LogP contribution in [0.3, 0.4) is 0 Å². The summed E-state index contributed by atoms with van der Waals surface area (Å²) in [4.78, 5) is 2.26. The van der Waals surface area contributed by atoms with E-state index < -0.39 is 56.0 Å². The first-order valence-electron chi connectivity index (χ1n) is 14.8. The van der Waals surface area contributed by atoms with Gasteiger partial charge in [0.15, 0.2) is 11.6 Å². The fraction of sp³-hybridized carbons (Fsp3) is 0.0323. The Morgan fingerprint density at radius 1 is 0.564 bits per heavy atom. The molecule has 284 valence electrons. The molecule has 0 saturated carbocycles. The fourth-order valence-electron chi connectivity index (χ4n) is 4.58. The molecule has 55 heavy (non-hydrogen) atoms. The number of hydrogen-bond acceptors (Lipinski definition) is 16. The predicted molar refractivity (Wildman–Crippen MR) is 194 cm³/mol. The maximum absolute atomic E-state index is 11.8. The van der Waals surface area contributed by atoms with Gasteiger partial charge in [0.05, 0.1) is 31.6 Å². The van der Waals surface area contributed by atoms with Crippen LogP contribution in [-0.2, 0) is 40.5 Å². The molecule has 0 saturated heterocycles. The number of anilines is 4. The van der Waals surface area contributed by atoms with E-state index in [9.17, 15) is 57.1 Å². The van der Waals surface area contributed by atoms with Gasteiger partial charge in [0.1, 0.15) is 22.3 Å². The highest BCUT2D eigenvalue weighted by molar-refractivity contribution is 7.86. The summed E-state index contributed by atoms with van der Waals surface area (Å²) >= 11 is 0. The van der Waals surface area contributed by atoms with Crippen molar-refractivity contribution in [3.8, 4) is 6.07 Å². The monoisotopic (exact) mass is 828 g/mol. The molecule has 5 aromatic rings. The van der Waals surface area contributed by atoms with Gasteiger partial charge in [-0.15, -0.1) is 10.2 Å². The van der Waals surface area contributed by atoms with Crippen LogP contribution in [0, 0.1) is 18.3 Å². The molecule has 0 unspecified atom stereocenters. The van der Waals surface area contributed by atoms with E-state index in [0.29, 0.717) is 6.07 Å². The molecule has 0 atom stereocenters. The van der Waals surface area contributed by atoms with Crippen LogP contribution in [0.4, 0.5) is 45.8 Å². The molecule has 0 aliphatic rings. The van der Waals surface area contributed by atoms with Gasteiger partial charge >= 0.3 is 0 Å². The molecule has 6 N–H and O–H groups in total. The van der Waals surface area contributed by atoms with Crippen LogP contribution < -0.4 is 10.6 Å². The van der Waals surface area contributed by atoms with Gasteiger partial charge in [-0.25, -0.2) is 4.98 Å². The lowest BCUT2D eigenvalue weighted by molar-refractivity contribution is 0.478.